The lowest BCUT2D eigenvalue weighted by Crippen LogP contribution is -2.43. The van der Waals surface area contributed by atoms with E-state index in [1.54, 1.807) is 4.90 Å². The van der Waals surface area contributed by atoms with Gasteiger partial charge in [-0.25, -0.2) is 0 Å². The van der Waals surface area contributed by atoms with E-state index in [2.05, 4.69) is 0 Å². The minimum absolute atomic E-state index is 0.0276. The van der Waals surface area contributed by atoms with E-state index in [9.17, 15) is 9.59 Å². The van der Waals surface area contributed by atoms with Gasteiger partial charge in [0.15, 0.2) is 0 Å². The Morgan fingerprint density at radius 2 is 1.77 bits per heavy atom. The van der Waals surface area contributed by atoms with Crippen LogP contribution >= 0.6 is 0 Å². The first-order valence-corrected chi connectivity index (χ1v) is 10.9. The zero-order chi connectivity index (χ0) is 21.3. The molecule has 0 spiro atoms. The molecule has 0 bridgehead atoms. The van der Waals surface area contributed by atoms with Crippen LogP contribution in [0.15, 0.2) is 24.3 Å². The molecule has 7 heteroatoms. The summed E-state index contributed by atoms with van der Waals surface area (Å²) in [6, 6.07) is 7.39. The number of amides is 2. The van der Waals surface area contributed by atoms with Crippen LogP contribution in [0, 0.1) is 5.92 Å². The topological polar surface area (TPSA) is 68.3 Å². The molecule has 1 aromatic rings. The van der Waals surface area contributed by atoms with Crippen molar-refractivity contribution in [3.63, 3.8) is 0 Å². The summed E-state index contributed by atoms with van der Waals surface area (Å²) in [6.45, 7) is 3.94. The summed E-state index contributed by atoms with van der Waals surface area (Å²) in [5.41, 5.74) is 0.678. The molecule has 1 aromatic carbocycles. The number of likely N-dealkylation sites (tertiary alicyclic amines) is 1. The Bertz CT molecular complexity index is 679. The summed E-state index contributed by atoms with van der Waals surface area (Å²) in [4.78, 5) is 28.2. The van der Waals surface area contributed by atoms with Crippen molar-refractivity contribution in [3.05, 3.63) is 29.8 Å². The van der Waals surface area contributed by atoms with Crippen LogP contribution in [-0.4, -0.2) is 81.3 Å². The Morgan fingerprint density at radius 1 is 1.10 bits per heavy atom. The molecule has 0 aromatic heterocycles. The Balaban J connectivity index is 1.43. The third kappa shape index (κ3) is 6.44. The summed E-state index contributed by atoms with van der Waals surface area (Å²) < 4.78 is 16.4. The lowest BCUT2D eigenvalue weighted by Gasteiger charge is -2.32. The van der Waals surface area contributed by atoms with Crippen LogP contribution in [-0.2, 0) is 14.3 Å². The fourth-order valence-corrected chi connectivity index (χ4v) is 4.04. The fraction of sp³-hybridized carbons (Fsp3) is 0.652. The molecular weight excluding hydrogens is 384 g/mol. The van der Waals surface area contributed by atoms with Gasteiger partial charge in [0.25, 0.3) is 5.91 Å². The number of carbonyl (C=O) groups is 2. The van der Waals surface area contributed by atoms with Crippen LogP contribution in [0.1, 0.15) is 42.5 Å². The zero-order valence-corrected chi connectivity index (χ0v) is 18.2. The highest BCUT2D eigenvalue weighted by molar-refractivity contribution is 5.94. The maximum Gasteiger partial charge on any atom is 0.253 e. The summed E-state index contributed by atoms with van der Waals surface area (Å²) >= 11 is 0. The molecule has 0 radical (unpaired) electrons. The molecule has 2 amide bonds. The molecule has 2 fully saturated rings. The van der Waals surface area contributed by atoms with Crippen molar-refractivity contribution in [3.8, 4) is 5.75 Å². The second-order valence-electron chi connectivity index (χ2n) is 8.23. The average Bonchev–Trinajstić information content (AvgIpc) is 2.79. The zero-order valence-electron chi connectivity index (χ0n) is 18.2. The first kappa shape index (κ1) is 22.6. The fourth-order valence-electron chi connectivity index (χ4n) is 4.04. The maximum atomic E-state index is 12.7. The molecule has 2 saturated heterocycles. The molecule has 0 N–H and O–H groups in total. The number of ether oxygens (including phenoxy) is 3. The van der Waals surface area contributed by atoms with E-state index in [0.29, 0.717) is 24.6 Å². The van der Waals surface area contributed by atoms with Gasteiger partial charge in [0, 0.05) is 65.4 Å². The van der Waals surface area contributed by atoms with Crippen molar-refractivity contribution in [1.82, 2.24) is 9.80 Å². The van der Waals surface area contributed by atoms with E-state index >= 15 is 0 Å². The van der Waals surface area contributed by atoms with Crippen molar-refractivity contribution >= 4 is 11.8 Å². The van der Waals surface area contributed by atoms with E-state index < -0.39 is 0 Å². The number of methoxy groups -OCH3 is 1. The molecule has 2 heterocycles. The van der Waals surface area contributed by atoms with Crippen molar-refractivity contribution in [2.45, 2.75) is 38.2 Å². The SMILES string of the molecule is COCC(=O)N1CCC(Oc2ccc(C(=O)N(C)CCC3CCOCC3)cc2)CC1. The average molecular weight is 419 g/mol. The summed E-state index contributed by atoms with van der Waals surface area (Å²) in [5, 5.41) is 0. The molecule has 0 saturated carbocycles. The monoisotopic (exact) mass is 418 g/mol. The number of nitrogens with zero attached hydrogens (tertiary/aromatic N) is 2. The minimum Gasteiger partial charge on any atom is -0.490 e. The van der Waals surface area contributed by atoms with E-state index in [4.69, 9.17) is 14.2 Å². The van der Waals surface area contributed by atoms with E-state index in [-0.39, 0.29) is 24.5 Å². The van der Waals surface area contributed by atoms with Gasteiger partial charge in [-0.1, -0.05) is 0 Å². The Morgan fingerprint density at radius 3 is 2.40 bits per heavy atom. The van der Waals surface area contributed by atoms with Gasteiger partial charge in [0.2, 0.25) is 5.91 Å². The van der Waals surface area contributed by atoms with Crippen LogP contribution in [0.25, 0.3) is 0 Å². The van der Waals surface area contributed by atoms with Gasteiger partial charge in [-0.3, -0.25) is 9.59 Å². The molecule has 0 atom stereocenters. The van der Waals surface area contributed by atoms with Crippen molar-refractivity contribution in [1.29, 1.82) is 0 Å². The molecule has 3 rings (SSSR count). The molecule has 166 valence electrons. The van der Waals surface area contributed by atoms with Gasteiger partial charge in [-0.15, -0.1) is 0 Å². The third-order valence-corrected chi connectivity index (χ3v) is 6.03. The van der Waals surface area contributed by atoms with Crippen LogP contribution in [0.2, 0.25) is 0 Å². The highest BCUT2D eigenvalue weighted by atomic mass is 16.5. The quantitative estimate of drug-likeness (QED) is 0.649. The van der Waals surface area contributed by atoms with Crippen molar-refractivity contribution < 1.29 is 23.8 Å². The molecule has 30 heavy (non-hydrogen) atoms. The largest absolute Gasteiger partial charge is 0.490 e. The smallest absolute Gasteiger partial charge is 0.253 e. The normalized spacial score (nSPS) is 18.3. The number of rotatable bonds is 8. The van der Waals surface area contributed by atoms with Gasteiger partial charge in [0.1, 0.15) is 18.5 Å². The van der Waals surface area contributed by atoms with E-state index in [1.165, 1.54) is 7.11 Å². The van der Waals surface area contributed by atoms with E-state index in [1.807, 2.05) is 36.2 Å². The highest BCUT2D eigenvalue weighted by Gasteiger charge is 2.24. The van der Waals surface area contributed by atoms with Gasteiger partial charge >= 0.3 is 0 Å². The summed E-state index contributed by atoms with van der Waals surface area (Å²) in [6.07, 6.45) is 4.88. The van der Waals surface area contributed by atoms with Crippen molar-refractivity contribution in [2.24, 2.45) is 5.92 Å². The number of benzene rings is 1. The van der Waals surface area contributed by atoms with Gasteiger partial charge < -0.3 is 24.0 Å². The Kier molecular flexibility index (Phi) is 8.51. The maximum absolute atomic E-state index is 12.7. The standard InChI is InChI=1S/C23H34N2O5/c1-24(12-7-18-10-15-29-16-11-18)23(27)19-3-5-20(6-4-19)30-21-8-13-25(14-9-21)22(26)17-28-2/h3-6,18,21H,7-17H2,1-2H3. The Labute approximate surface area is 179 Å². The number of carbonyl (C=O) groups excluding carboxylic acids is 2. The third-order valence-electron chi connectivity index (χ3n) is 6.03. The minimum atomic E-state index is 0.0276. The second kappa shape index (κ2) is 11.3. The Hall–Kier alpha value is -2.12. The molecule has 2 aliphatic heterocycles. The van der Waals surface area contributed by atoms with Gasteiger partial charge in [0.05, 0.1) is 0 Å². The first-order chi connectivity index (χ1) is 14.6. The molecule has 7 nitrogen and oxygen atoms in total. The van der Waals surface area contributed by atoms with Crippen molar-refractivity contribution in [2.75, 3.05) is 53.6 Å². The number of piperidine rings is 1. The summed E-state index contributed by atoms with van der Waals surface area (Å²) in [5.74, 6) is 1.48. The summed E-state index contributed by atoms with van der Waals surface area (Å²) in [7, 11) is 3.40. The molecule has 0 unspecified atom stereocenters. The number of hydrogen-bond acceptors (Lipinski definition) is 5. The predicted octanol–water partition coefficient (Wildman–Crippen LogP) is 2.59. The van der Waals surface area contributed by atoms with Crippen LogP contribution in [0.5, 0.6) is 5.75 Å². The van der Waals surface area contributed by atoms with Crippen LogP contribution in [0.4, 0.5) is 0 Å². The second-order valence-corrected chi connectivity index (χ2v) is 8.23. The molecule has 0 aliphatic carbocycles. The van der Waals surface area contributed by atoms with Gasteiger partial charge in [-0.2, -0.15) is 0 Å². The predicted molar refractivity (Wildman–Crippen MR) is 114 cm³/mol. The lowest BCUT2D eigenvalue weighted by molar-refractivity contribution is -0.136. The van der Waals surface area contributed by atoms with Crippen LogP contribution < -0.4 is 4.74 Å². The first-order valence-electron chi connectivity index (χ1n) is 10.9. The van der Waals surface area contributed by atoms with E-state index in [0.717, 1.165) is 57.6 Å². The van der Waals surface area contributed by atoms with Crippen LogP contribution in [0.3, 0.4) is 0 Å². The van der Waals surface area contributed by atoms with Gasteiger partial charge in [-0.05, 0) is 49.4 Å². The molecular formula is C23H34N2O5. The number of hydrogen-bond donors (Lipinski definition) is 0. The lowest BCUT2D eigenvalue weighted by atomic mass is 9.96. The highest BCUT2D eigenvalue weighted by Crippen LogP contribution is 2.21. The molecule has 2 aliphatic rings.